The highest BCUT2D eigenvalue weighted by atomic mass is 32.2. The number of carboxylic acid groups (broad SMARTS) is 1. The van der Waals surface area contributed by atoms with Crippen LogP contribution in [0.25, 0.3) is 0 Å². The van der Waals surface area contributed by atoms with Crippen molar-refractivity contribution in [3.8, 4) is 0 Å². The fourth-order valence-corrected chi connectivity index (χ4v) is 4.06. The largest absolute Gasteiger partial charge is 0.480 e. The first-order chi connectivity index (χ1) is 7.52. The van der Waals surface area contributed by atoms with Gasteiger partial charge in [0.25, 0.3) is 0 Å². The van der Waals surface area contributed by atoms with E-state index in [1.54, 1.807) is 23.5 Å². The van der Waals surface area contributed by atoms with Crippen LogP contribution < -0.4 is 5.73 Å². The average molecular weight is 267 g/mol. The summed E-state index contributed by atoms with van der Waals surface area (Å²) in [5, 5.41) is 27.5. The summed E-state index contributed by atoms with van der Waals surface area (Å²) >= 11 is 3.12. The molecule has 0 aromatic rings. The number of hydrogen-bond acceptors (Lipinski definition) is 6. The Labute approximate surface area is 103 Å². The van der Waals surface area contributed by atoms with E-state index < -0.39 is 24.2 Å². The van der Waals surface area contributed by atoms with E-state index in [0.29, 0.717) is 17.9 Å². The molecule has 16 heavy (non-hydrogen) atoms. The highest BCUT2D eigenvalue weighted by Gasteiger charge is 2.33. The second kappa shape index (κ2) is 6.70. The van der Waals surface area contributed by atoms with Crippen molar-refractivity contribution in [1.29, 1.82) is 0 Å². The van der Waals surface area contributed by atoms with E-state index in [0.717, 1.165) is 5.75 Å². The lowest BCUT2D eigenvalue weighted by atomic mass is 10.2. The second-order valence-corrected chi connectivity index (χ2v) is 6.16. The zero-order valence-corrected chi connectivity index (χ0v) is 10.4. The lowest BCUT2D eigenvalue weighted by Crippen LogP contribution is -2.31. The number of hydrogen-bond donors (Lipinski definition) is 4. The molecule has 1 saturated heterocycles. The van der Waals surface area contributed by atoms with E-state index in [1.807, 2.05) is 0 Å². The van der Waals surface area contributed by atoms with Crippen LogP contribution in [-0.2, 0) is 4.79 Å². The third kappa shape index (κ3) is 4.14. The van der Waals surface area contributed by atoms with Crippen molar-refractivity contribution in [2.24, 2.45) is 5.73 Å². The average Bonchev–Trinajstić information content (AvgIpc) is 2.55. The van der Waals surface area contributed by atoms with Gasteiger partial charge >= 0.3 is 5.97 Å². The lowest BCUT2D eigenvalue weighted by Gasteiger charge is -2.15. The van der Waals surface area contributed by atoms with Gasteiger partial charge < -0.3 is 21.1 Å². The Morgan fingerprint density at radius 1 is 1.56 bits per heavy atom. The minimum Gasteiger partial charge on any atom is -0.480 e. The molecule has 0 spiro atoms. The zero-order chi connectivity index (χ0) is 12.1. The van der Waals surface area contributed by atoms with Crippen LogP contribution >= 0.6 is 23.5 Å². The second-order valence-electron chi connectivity index (χ2n) is 3.74. The number of carboxylic acids is 1. The number of carbonyl (C=O) groups is 1. The molecule has 0 radical (unpaired) electrons. The molecule has 0 bridgehead atoms. The summed E-state index contributed by atoms with van der Waals surface area (Å²) in [7, 11) is 0. The topological polar surface area (TPSA) is 104 Å². The molecule has 0 saturated carbocycles. The number of nitrogens with two attached hydrogens (primary N) is 1. The Hall–Kier alpha value is 0.0500. The minimum absolute atomic E-state index is 0.0426. The van der Waals surface area contributed by atoms with Crippen LogP contribution in [0, 0.1) is 0 Å². The van der Waals surface area contributed by atoms with Gasteiger partial charge in [-0.25, -0.2) is 0 Å². The lowest BCUT2D eigenvalue weighted by molar-refractivity contribution is -0.138. The molecule has 1 unspecified atom stereocenters. The van der Waals surface area contributed by atoms with Gasteiger partial charge in [0.1, 0.15) is 6.04 Å². The maximum atomic E-state index is 10.4. The quantitative estimate of drug-likeness (QED) is 0.474. The van der Waals surface area contributed by atoms with Crippen molar-refractivity contribution in [1.82, 2.24) is 0 Å². The molecule has 7 heteroatoms. The standard InChI is InChI=1S/C9H17NO4S2/c10-5(9(13)14)1-2-15-4-7-8(12)6(11)3-16-7/h5-8,11-12H,1-4,10H2,(H,13,14)/t5?,6-,7-,8-/m0/s1. The summed E-state index contributed by atoms with van der Waals surface area (Å²) in [5.74, 6) is 0.968. The Morgan fingerprint density at radius 3 is 2.75 bits per heavy atom. The van der Waals surface area contributed by atoms with Crippen LogP contribution in [0.3, 0.4) is 0 Å². The number of aliphatic hydroxyl groups excluding tert-OH is 2. The van der Waals surface area contributed by atoms with Gasteiger partial charge in [-0.15, -0.1) is 0 Å². The van der Waals surface area contributed by atoms with E-state index in [-0.39, 0.29) is 5.25 Å². The molecule has 0 aromatic carbocycles. The highest BCUT2D eigenvalue weighted by Crippen LogP contribution is 2.30. The van der Waals surface area contributed by atoms with Crippen LogP contribution in [0.4, 0.5) is 0 Å². The molecule has 0 aromatic heterocycles. The molecule has 4 atom stereocenters. The highest BCUT2D eigenvalue weighted by molar-refractivity contribution is 8.03. The van der Waals surface area contributed by atoms with Gasteiger partial charge in [0.05, 0.1) is 12.2 Å². The molecular formula is C9H17NO4S2. The normalized spacial score (nSPS) is 31.6. The number of aliphatic hydroxyl groups is 2. The van der Waals surface area contributed by atoms with E-state index in [1.165, 1.54) is 0 Å². The van der Waals surface area contributed by atoms with E-state index in [2.05, 4.69) is 0 Å². The van der Waals surface area contributed by atoms with Crippen molar-refractivity contribution in [3.05, 3.63) is 0 Å². The molecular weight excluding hydrogens is 250 g/mol. The van der Waals surface area contributed by atoms with Crippen LogP contribution in [0.2, 0.25) is 0 Å². The predicted molar refractivity (Wildman–Crippen MR) is 65.8 cm³/mol. The molecule has 1 aliphatic rings. The first-order valence-electron chi connectivity index (χ1n) is 5.06. The summed E-state index contributed by atoms with van der Waals surface area (Å²) < 4.78 is 0. The maximum Gasteiger partial charge on any atom is 0.320 e. The Morgan fingerprint density at radius 2 is 2.25 bits per heavy atom. The molecule has 1 aliphatic heterocycles. The first kappa shape index (κ1) is 14.1. The maximum absolute atomic E-state index is 10.4. The molecule has 5 nitrogen and oxygen atoms in total. The summed E-state index contributed by atoms with van der Waals surface area (Å²) in [4.78, 5) is 10.4. The Kier molecular flexibility index (Phi) is 5.91. The summed E-state index contributed by atoms with van der Waals surface area (Å²) in [6, 6.07) is -0.806. The number of aliphatic carboxylic acids is 1. The smallest absolute Gasteiger partial charge is 0.320 e. The summed E-state index contributed by atoms with van der Waals surface area (Å²) in [5.41, 5.74) is 5.35. The molecule has 5 N–H and O–H groups in total. The Bertz CT molecular complexity index is 242. The molecule has 94 valence electrons. The number of thioether (sulfide) groups is 2. The summed E-state index contributed by atoms with van der Waals surface area (Å²) in [6.07, 6.45) is -0.863. The van der Waals surface area contributed by atoms with E-state index >= 15 is 0 Å². The monoisotopic (exact) mass is 267 g/mol. The van der Waals surface area contributed by atoms with Crippen LogP contribution in [0.5, 0.6) is 0 Å². The van der Waals surface area contributed by atoms with Gasteiger partial charge in [-0.05, 0) is 12.2 Å². The van der Waals surface area contributed by atoms with Crippen LogP contribution in [-0.4, -0.2) is 62.0 Å². The number of rotatable bonds is 6. The third-order valence-corrected chi connectivity index (χ3v) is 5.17. The van der Waals surface area contributed by atoms with Crippen LogP contribution in [0.1, 0.15) is 6.42 Å². The van der Waals surface area contributed by atoms with Crippen molar-refractivity contribution in [2.75, 3.05) is 17.3 Å². The summed E-state index contributed by atoms with van der Waals surface area (Å²) in [6.45, 7) is 0. The van der Waals surface area contributed by atoms with Crippen molar-refractivity contribution >= 4 is 29.5 Å². The van der Waals surface area contributed by atoms with Crippen molar-refractivity contribution < 1.29 is 20.1 Å². The minimum atomic E-state index is -0.980. The fourth-order valence-electron chi connectivity index (χ4n) is 1.35. The van der Waals surface area contributed by atoms with E-state index in [4.69, 9.17) is 10.8 Å². The molecule has 0 amide bonds. The molecule has 1 fully saturated rings. The third-order valence-electron chi connectivity index (χ3n) is 2.43. The van der Waals surface area contributed by atoms with Crippen molar-refractivity contribution in [2.45, 2.75) is 29.9 Å². The van der Waals surface area contributed by atoms with Crippen LogP contribution in [0.15, 0.2) is 0 Å². The zero-order valence-electron chi connectivity index (χ0n) is 8.78. The molecule has 0 aliphatic carbocycles. The van der Waals surface area contributed by atoms with Gasteiger partial charge in [0, 0.05) is 16.8 Å². The van der Waals surface area contributed by atoms with Crippen molar-refractivity contribution in [3.63, 3.8) is 0 Å². The van der Waals surface area contributed by atoms with E-state index in [9.17, 15) is 15.0 Å². The fraction of sp³-hybridized carbons (Fsp3) is 0.889. The molecule has 1 heterocycles. The first-order valence-corrected chi connectivity index (χ1v) is 7.26. The van der Waals surface area contributed by atoms with Gasteiger partial charge in [-0.1, -0.05) is 0 Å². The van der Waals surface area contributed by atoms with Gasteiger partial charge in [0.15, 0.2) is 0 Å². The predicted octanol–water partition coefficient (Wildman–Crippen LogP) is -0.641. The van der Waals surface area contributed by atoms with Gasteiger partial charge in [-0.3, -0.25) is 4.79 Å². The van der Waals surface area contributed by atoms with Gasteiger partial charge in [0.2, 0.25) is 0 Å². The molecule has 1 rings (SSSR count). The van der Waals surface area contributed by atoms with Gasteiger partial charge in [-0.2, -0.15) is 23.5 Å². The Balaban J connectivity index is 2.10. The SMILES string of the molecule is NC(CCSC[C@@H]1SC[C@H](O)[C@@H]1O)C(=O)O.